The summed E-state index contributed by atoms with van der Waals surface area (Å²) in [6.45, 7) is 0. The molecule has 0 fully saturated rings. The lowest BCUT2D eigenvalue weighted by atomic mass is 10.2. The number of rotatable bonds is 2. The number of carbonyl (C=O) groups is 1. The zero-order valence-electron chi connectivity index (χ0n) is 7.36. The van der Waals surface area contributed by atoms with Crippen molar-refractivity contribution in [3.05, 3.63) is 28.8 Å². The van der Waals surface area contributed by atoms with Gasteiger partial charge >= 0.3 is 6.18 Å². The van der Waals surface area contributed by atoms with Gasteiger partial charge in [-0.15, -0.1) is 0 Å². The lowest BCUT2D eigenvalue weighted by Gasteiger charge is -2.10. The van der Waals surface area contributed by atoms with E-state index in [1.165, 1.54) is 0 Å². The topological polar surface area (TPSA) is 30.0 Å². The average Bonchev–Trinajstić information content (AvgIpc) is 2.15. The predicted octanol–water partition coefficient (Wildman–Crippen LogP) is 2.99. The summed E-state index contributed by atoms with van der Waals surface area (Å²) in [4.78, 5) is 12.6. The van der Waals surface area contributed by atoms with Gasteiger partial charge in [0.1, 0.15) is 5.69 Å². The van der Waals surface area contributed by atoms with E-state index in [2.05, 4.69) is 4.98 Å². The van der Waals surface area contributed by atoms with E-state index in [1.807, 2.05) is 0 Å². The lowest BCUT2D eigenvalue weighted by molar-refractivity contribution is -0.144. The van der Waals surface area contributed by atoms with Crippen molar-refractivity contribution in [2.24, 2.45) is 0 Å². The van der Waals surface area contributed by atoms with Crippen LogP contribution in [-0.2, 0) is 6.18 Å². The van der Waals surface area contributed by atoms with Crippen molar-refractivity contribution in [3.63, 3.8) is 0 Å². The molecule has 0 radical (unpaired) electrons. The van der Waals surface area contributed by atoms with Crippen LogP contribution in [0.25, 0.3) is 0 Å². The first-order valence-corrected chi connectivity index (χ1v) is 3.78. The molecule has 0 aliphatic rings. The summed E-state index contributed by atoms with van der Waals surface area (Å²) in [5.41, 5.74) is -4.51. The Balaban J connectivity index is 3.48. The lowest BCUT2D eigenvalue weighted by Crippen LogP contribution is -2.14. The van der Waals surface area contributed by atoms with Crippen molar-refractivity contribution >= 4 is 6.29 Å². The van der Waals surface area contributed by atoms with Crippen molar-refractivity contribution < 1.29 is 31.1 Å². The van der Waals surface area contributed by atoms with Crippen molar-refractivity contribution in [1.29, 1.82) is 0 Å². The number of alkyl halides is 5. The molecule has 0 aromatic carbocycles. The van der Waals surface area contributed by atoms with E-state index in [9.17, 15) is 31.1 Å². The highest BCUT2D eigenvalue weighted by Gasteiger charge is 2.38. The van der Waals surface area contributed by atoms with Crippen molar-refractivity contribution in [3.8, 4) is 0 Å². The van der Waals surface area contributed by atoms with Gasteiger partial charge in [-0.3, -0.25) is 4.79 Å². The third-order valence-corrected chi connectivity index (χ3v) is 1.62. The van der Waals surface area contributed by atoms with Gasteiger partial charge in [0.05, 0.1) is 5.56 Å². The minimum absolute atomic E-state index is 0.280. The Morgan fingerprint density at radius 3 is 2.25 bits per heavy atom. The van der Waals surface area contributed by atoms with Crippen molar-refractivity contribution in [1.82, 2.24) is 4.98 Å². The third-order valence-electron chi connectivity index (χ3n) is 1.62. The van der Waals surface area contributed by atoms with Gasteiger partial charge in [-0.2, -0.15) is 13.2 Å². The second-order valence-corrected chi connectivity index (χ2v) is 2.72. The maximum Gasteiger partial charge on any atom is 0.436 e. The molecule has 0 amide bonds. The largest absolute Gasteiger partial charge is 0.436 e. The Kier molecular flexibility index (Phi) is 3.20. The summed E-state index contributed by atoms with van der Waals surface area (Å²) in [5.74, 6) is -1.95. The van der Waals surface area contributed by atoms with Crippen LogP contribution in [0.3, 0.4) is 0 Å². The minimum Gasteiger partial charge on any atom is -0.298 e. The number of halogens is 6. The smallest absolute Gasteiger partial charge is 0.298 e. The van der Waals surface area contributed by atoms with E-state index in [1.54, 1.807) is 0 Å². The molecule has 0 spiro atoms. The predicted molar refractivity (Wildman–Crippen MR) is 39.5 cm³/mol. The summed E-state index contributed by atoms with van der Waals surface area (Å²) in [5, 5.41) is 0. The number of aldehydes is 1. The SMILES string of the molecule is O=Cc1cc(C(F)F)nc(C(F)(F)F)c1F. The summed E-state index contributed by atoms with van der Waals surface area (Å²) < 4.78 is 73.6. The fourth-order valence-electron chi connectivity index (χ4n) is 0.955. The van der Waals surface area contributed by atoms with Crippen LogP contribution in [0.2, 0.25) is 0 Å². The first-order valence-electron chi connectivity index (χ1n) is 3.78. The summed E-state index contributed by atoms with van der Waals surface area (Å²) in [6.07, 6.45) is -8.83. The average molecular weight is 243 g/mol. The van der Waals surface area contributed by atoms with Crippen LogP contribution in [0, 0.1) is 5.82 Å². The van der Waals surface area contributed by atoms with Gasteiger partial charge in [0.2, 0.25) is 0 Å². The van der Waals surface area contributed by atoms with Gasteiger partial charge in [0, 0.05) is 0 Å². The molecule has 1 aromatic rings. The second-order valence-electron chi connectivity index (χ2n) is 2.72. The molecule has 0 bridgehead atoms. The van der Waals surface area contributed by atoms with Crippen LogP contribution in [-0.4, -0.2) is 11.3 Å². The normalized spacial score (nSPS) is 11.9. The molecular formula is C8H3F6NO. The molecule has 0 atom stereocenters. The van der Waals surface area contributed by atoms with E-state index in [0.29, 0.717) is 0 Å². The fourth-order valence-corrected chi connectivity index (χ4v) is 0.955. The quantitative estimate of drug-likeness (QED) is 0.590. The summed E-state index contributed by atoms with van der Waals surface area (Å²) >= 11 is 0. The molecular weight excluding hydrogens is 240 g/mol. The van der Waals surface area contributed by atoms with Gasteiger partial charge in [0.15, 0.2) is 17.8 Å². The standard InChI is InChI=1S/C8H3F6NO/c9-5-3(2-16)1-4(7(10)11)15-6(5)8(12,13)14/h1-2,7H. The Bertz CT molecular complexity index is 414. The first kappa shape index (κ1) is 12.5. The van der Waals surface area contributed by atoms with Gasteiger partial charge in [-0.05, 0) is 6.07 Å². The van der Waals surface area contributed by atoms with Crippen LogP contribution in [0.1, 0.15) is 28.2 Å². The molecule has 8 heteroatoms. The molecule has 0 N–H and O–H groups in total. The van der Waals surface area contributed by atoms with Crippen LogP contribution in [0.15, 0.2) is 6.07 Å². The van der Waals surface area contributed by atoms with Gasteiger partial charge in [0.25, 0.3) is 6.43 Å². The molecule has 88 valence electrons. The number of hydrogen-bond acceptors (Lipinski definition) is 2. The second kappa shape index (κ2) is 4.11. The van der Waals surface area contributed by atoms with Crippen LogP contribution in [0.4, 0.5) is 26.3 Å². The Hall–Kier alpha value is -1.60. The Labute approximate surface area is 84.9 Å². The minimum atomic E-state index is -5.23. The Morgan fingerprint density at radius 2 is 1.88 bits per heavy atom. The van der Waals surface area contributed by atoms with Crippen molar-refractivity contribution in [2.75, 3.05) is 0 Å². The number of carbonyl (C=O) groups excluding carboxylic acids is 1. The molecule has 0 saturated carbocycles. The highest BCUT2D eigenvalue weighted by molar-refractivity contribution is 5.75. The summed E-state index contributed by atoms with van der Waals surface area (Å²) in [6, 6.07) is 0.280. The van der Waals surface area contributed by atoms with Crippen molar-refractivity contribution in [2.45, 2.75) is 12.6 Å². The molecule has 2 nitrogen and oxygen atoms in total. The van der Waals surface area contributed by atoms with E-state index in [4.69, 9.17) is 0 Å². The van der Waals surface area contributed by atoms with E-state index in [-0.39, 0.29) is 12.4 Å². The maximum absolute atomic E-state index is 13.0. The first-order chi connectivity index (χ1) is 7.27. The number of pyridine rings is 1. The fraction of sp³-hybridized carbons (Fsp3) is 0.250. The third kappa shape index (κ3) is 2.31. The molecule has 0 saturated heterocycles. The van der Waals surface area contributed by atoms with Crippen LogP contribution in [0.5, 0.6) is 0 Å². The molecule has 1 rings (SSSR count). The number of nitrogens with zero attached hydrogens (tertiary/aromatic N) is 1. The van der Waals surface area contributed by atoms with E-state index in [0.717, 1.165) is 0 Å². The molecule has 1 aromatic heterocycles. The monoisotopic (exact) mass is 243 g/mol. The van der Waals surface area contributed by atoms with Crippen LogP contribution < -0.4 is 0 Å². The molecule has 0 aliphatic carbocycles. The van der Waals surface area contributed by atoms with E-state index < -0.39 is 35.4 Å². The molecule has 1 heterocycles. The van der Waals surface area contributed by atoms with Gasteiger partial charge in [-0.1, -0.05) is 0 Å². The molecule has 0 unspecified atom stereocenters. The van der Waals surface area contributed by atoms with E-state index >= 15 is 0 Å². The summed E-state index contributed by atoms with van der Waals surface area (Å²) in [7, 11) is 0. The zero-order chi connectivity index (χ0) is 12.5. The maximum atomic E-state index is 13.0. The Morgan fingerprint density at radius 1 is 1.31 bits per heavy atom. The molecule has 16 heavy (non-hydrogen) atoms. The highest BCUT2D eigenvalue weighted by atomic mass is 19.4. The van der Waals surface area contributed by atoms with Gasteiger partial charge < -0.3 is 0 Å². The number of hydrogen-bond donors (Lipinski definition) is 0. The highest BCUT2D eigenvalue weighted by Crippen LogP contribution is 2.32. The number of aromatic nitrogens is 1. The zero-order valence-corrected chi connectivity index (χ0v) is 7.36. The van der Waals surface area contributed by atoms with Gasteiger partial charge in [-0.25, -0.2) is 18.2 Å². The van der Waals surface area contributed by atoms with Crippen LogP contribution >= 0.6 is 0 Å². The molecule has 0 aliphatic heterocycles.